The van der Waals surface area contributed by atoms with E-state index < -0.39 is 12.1 Å². The summed E-state index contributed by atoms with van der Waals surface area (Å²) in [5, 5.41) is 3.10. The molecule has 1 fully saturated rings. The maximum Gasteiger partial charge on any atom is 0.573 e. The van der Waals surface area contributed by atoms with Crippen LogP contribution < -0.4 is 10.1 Å². The van der Waals surface area contributed by atoms with E-state index in [-0.39, 0.29) is 23.3 Å². The summed E-state index contributed by atoms with van der Waals surface area (Å²) in [6.45, 7) is 2.54. The Morgan fingerprint density at radius 2 is 2.05 bits per heavy atom. The topological polar surface area (TPSA) is 38.3 Å². The molecule has 1 aromatic carbocycles. The van der Waals surface area contributed by atoms with Crippen molar-refractivity contribution in [3.63, 3.8) is 0 Å². The van der Waals surface area contributed by atoms with Gasteiger partial charge in [0.15, 0.2) is 5.78 Å². The molecule has 0 radical (unpaired) electrons. The molecule has 1 saturated heterocycles. The number of halogens is 3. The molecule has 0 amide bonds. The van der Waals surface area contributed by atoms with Crippen molar-refractivity contribution < 1.29 is 22.7 Å². The number of para-hydroxylation sites is 1. The molecular weight excluding hydrogens is 259 g/mol. The van der Waals surface area contributed by atoms with Gasteiger partial charge in [0.2, 0.25) is 0 Å². The Labute approximate surface area is 108 Å². The molecule has 6 heteroatoms. The number of hydrogen-bond donors (Lipinski definition) is 1. The van der Waals surface area contributed by atoms with Gasteiger partial charge in [0.25, 0.3) is 0 Å². The van der Waals surface area contributed by atoms with E-state index in [0.29, 0.717) is 13.0 Å². The van der Waals surface area contributed by atoms with E-state index in [9.17, 15) is 18.0 Å². The van der Waals surface area contributed by atoms with Crippen molar-refractivity contribution in [2.24, 2.45) is 5.92 Å². The van der Waals surface area contributed by atoms with Gasteiger partial charge in [-0.25, -0.2) is 0 Å². The molecular formula is C13H14F3NO2. The monoisotopic (exact) mass is 273 g/mol. The van der Waals surface area contributed by atoms with Gasteiger partial charge in [-0.15, -0.1) is 13.2 Å². The SMILES string of the molecule is CC1NCCC1C(=O)c1ccccc1OC(F)(F)F. The number of hydrogen-bond acceptors (Lipinski definition) is 3. The first-order valence-electron chi connectivity index (χ1n) is 6.01. The first-order valence-corrected chi connectivity index (χ1v) is 6.01. The fourth-order valence-corrected chi connectivity index (χ4v) is 2.30. The summed E-state index contributed by atoms with van der Waals surface area (Å²) in [4.78, 5) is 12.3. The molecule has 104 valence electrons. The predicted octanol–water partition coefficient (Wildman–Crippen LogP) is 2.77. The molecule has 1 heterocycles. The highest BCUT2D eigenvalue weighted by atomic mass is 19.4. The summed E-state index contributed by atoms with van der Waals surface area (Å²) in [6.07, 6.45) is -4.17. The van der Waals surface area contributed by atoms with Gasteiger partial charge in [-0.2, -0.15) is 0 Å². The van der Waals surface area contributed by atoms with E-state index in [0.717, 1.165) is 6.07 Å². The number of Topliss-reactive ketones (excluding diaryl/α,β-unsaturated/α-hetero) is 1. The van der Waals surface area contributed by atoms with Crippen molar-refractivity contribution in [1.29, 1.82) is 0 Å². The second kappa shape index (κ2) is 5.21. The van der Waals surface area contributed by atoms with E-state index >= 15 is 0 Å². The summed E-state index contributed by atoms with van der Waals surface area (Å²) in [6, 6.07) is 5.44. The molecule has 1 aliphatic heterocycles. The van der Waals surface area contributed by atoms with Crippen LogP contribution in [0.1, 0.15) is 23.7 Å². The lowest BCUT2D eigenvalue weighted by Gasteiger charge is -2.17. The molecule has 1 aromatic rings. The minimum Gasteiger partial charge on any atom is -0.405 e. The van der Waals surface area contributed by atoms with Crippen LogP contribution in [0.2, 0.25) is 0 Å². The number of alkyl halides is 3. The van der Waals surface area contributed by atoms with Crippen molar-refractivity contribution in [3.05, 3.63) is 29.8 Å². The maximum atomic E-state index is 12.3. The van der Waals surface area contributed by atoms with Crippen LogP contribution in [-0.4, -0.2) is 24.7 Å². The van der Waals surface area contributed by atoms with Crippen molar-refractivity contribution in [3.8, 4) is 5.75 Å². The van der Waals surface area contributed by atoms with Crippen molar-refractivity contribution in [1.82, 2.24) is 5.32 Å². The number of nitrogens with one attached hydrogen (secondary N) is 1. The fraction of sp³-hybridized carbons (Fsp3) is 0.462. The van der Waals surface area contributed by atoms with Crippen LogP contribution in [0.15, 0.2) is 24.3 Å². The Morgan fingerprint density at radius 1 is 1.37 bits per heavy atom. The third kappa shape index (κ3) is 3.26. The van der Waals surface area contributed by atoms with Gasteiger partial charge >= 0.3 is 6.36 Å². The first-order chi connectivity index (χ1) is 8.88. The largest absolute Gasteiger partial charge is 0.573 e. The number of ether oxygens (including phenoxy) is 1. The lowest BCUT2D eigenvalue weighted by molar-refractivity contribution is -0.274. The van der Waals surface area contributed by atoms with Crippen LogP contribution >= 0.6 is 0 Å². The van der Waals surface area contributed by atoms with Gasteiger partial charge < -0.3 is 10.1 Å². The van der Waals surface area contributed by atoms with Gasteiger partial charge in [0.1, 0.15) is 5.75 Å². The molecule has 0 bridgehead atoms. The van der Waals surface area contributed by atoms with Gasteiger partial charge in [0, 0.05) is 12.0 Å². The highest BCUT2D eigenvalue weighted by molar-refractivity contribution is 6.00. The number of carbonyl (C=O) groups excluding carboxylic acids is 1. The predicted molar refractivity (Wildman–Crippen MR) is 63.0 cm³/mol. The van der Waals surface area contributed by atoms with E-state index in [1.165, 1.54) is 18.2 Å². The Hall–Kier alpha value is -1.56. The standard InChI is InChI=1S/C13H14F3NO2/c1-8-9(6-7-17-8)12(18)10-4-2-3-5-11(10)19-13(14,15)16/h2-5,8-9,17H,6-7H2,1H3. The number of benzene rings is 1. The zero-order chi connectivity index (χ0) is 14.0. The average molecular weight is 273 g/mol. The Balaban J connectivity index is 2.26. The quantitative estimate of drug-likeness (QED) is 0.861. The molecule has 2 rings (SSSR count). The summed E-state index contributed by atoms with van der Waals surface area (Å²) >= 11 is 0. The molecule has 19 heavy (non-hydrogen) atoms. The van der Waals surface area contributed by atoms with Crippen LogP contribution in [0.3, 0.4) is 0 Å². The summed E-state index contributed by atoms with van der Waals surface area (Å²) < 4.78 is 40.8. The fourth-order valence-electron chi connectivity index (χ4n) is 2.30. The van der Waals surface area contributed by atoms with Crippen LogP contribution in [0.4, 0.5) is 13.2 Å². The summed E-state index contributed by atoms with van der Waals surface area (Å²) in [5.74, 6) is -1.05. The van der Waals surface area contributed by atoms with Crippen LogP contribution in [-0.2, 0) is 0 Å². The van der Waals surface area contributed by atoms with Crippen LogP contribution in [0.5, 0.6) is 5.75 Å². The number of ketones is 1. The average Bonchev–Trinajstić information content (AvgIpc) is 2.73. The third-order valence-corrected chi connectivity index (χ3v) is 3.24. The number of carbonyl (C=O) groups is 1. The Bertz CT molecular complexity index is 473. The highest BCUT2D eigenvalue weighted by Crippen LogP contribution is 2.30. The van der Waals surface area contributed by atoms with Crippen molar-refractivity contribution in [2.75, 3.05) is 6.54 Å². The molecule has 0 saturated carbocycles. The van der Waals surface area contributed by atoms with Gasteiger partial charge in [-0.3, -0.25) is 4.79 Å². The smallest absolute Gasteiger partial charge is 0.405 e. The Morgan fingerprint density at radius 3 is 2.63 bits per heavy atom. The molecule has 0 spiro atoms. The minimum atomic E-state index is -4.80. The minimum absolute atomic E-state index is 0.0135. The Kier molecular flexibility index (Phi) is 3.80. The van der Waals surface area contributed by atoms with Crippen molar-refractivity contribution in [2.45, 2.75) is 25.7 Å². The molecule has 2 unspecified atom stereocenters. The number of rotatable bonds is 3. The third-order valence-electron chi connectivity index (χ3n) is 3.24. The summed E-state index contributed by atoms with van der Waals surface area (Å²) in [5.41, 5.74) is -0.0135. The lowest BCUT2D eigenvalue weighted by atomic mass is 9.91. The zero-order valence-electron chi connectivity index (χ0n) is 10.3. The van der Waals surface area contributed by atoms with Crippen LogP contribution in [0.25, 0.3) is 0 Å². The van der Waals surface area contributed by atoms with E-state index in [2.05, 4.69) is 10.1 Å². The van der Waals surface area contributed by atoms with E-state index in [1.807, 2.05) is 6.92 Å². The molecule has 1 aliphatic rings. The first kappa shape index (κ1) is 13.9. The van der Waals surface area contributed by atoms with E-state index in [1.54, 1.807) is 0 Å². The van der Waals surface area contributed by atoms with Crippen LogP contribution in [0, 0.1) is 5.92 Å². The lowest BCUT2D eigenvalue weighted by Crippen LogP contribution is -2.29. The van der Waals surface area contributed by atoms with Gasteiger partial charge in [-0.05, 0) is 32.0 Å². The molecule has 3 nitrogen and oxygen atoms in total. The second-order valence-corrected chi connectivity index (χ2v) is 4.55. The highest BCUT2D eigenvalue weighted by Gasteiger charge is 2.35. The van der Waals surface area contributed by atoms with Gasteiger partial charge in [-0.1, -0.05) is 12.1 Å². The van der Waals surface area contributed by atoms with Crippen molar-refractivity contribution >= 4 is 5.78 Å². The molecule has 1 N–H and O–H groups in total. The zero-order valence-corrected chi connectivity index (χ0v) is 10.3. The normalized spacial score (nSPS) is 23.4. The molecule has 0 aliphatic carbocycles. The molecule has 0 aromatic heterocycles. The summed E-state index contributed by atoms with van der Waals surface area (Å²) in [7, 11) is 0. The molecule has 2 atom stereocenters. The van der Waals surface area contributed by atoms with E-state index in [4.69, 9.17) is 0 Å². The second-order valence-electron chi connectivity index (χ2n) is 4.55. The maximum absolute atomic E-state index is 12.3. The van der Waals surface area contributed by atoms with Gasteiger partial charge in [0.05, 0.1) is 5.56 Å².